The molecular formula is C12H21N3OS. The Morgan fingerprint density at radius 1 is 1.65 bits per heavy atom. The minimum Gasteiger partial charge on any atom is -0.394 e. The molecule has 0 spiro atoms. The van der Waals surface area contributed by atoms with E-state index < -0.39 is 0 Å². The fraction of sp³-hybridized carbons (Fsp3) is 0.750. The summed E-state index contributed by atoms with van der Waals surface area (Å²) in [6.07, 6.45) is 7.23. The van der Waals surface area contributed by atoms with Crippen LogP contribution in [0.5, 0.6) is 0 Å². The Morgan fingerprint density at radius 2 is 2.41 bits per heavy atom. The normalized spacial score (nSPS) is 19.2. The average molecular weight is 255 g/mol. The summed E-state index contributed by atoms with van der Waals surface area (Å²) in [5, 5.41) is 14.0. The summed E-state index contributed by atoms with van der Waals surface area (Å²) in [7, 11) is 2.00. The first kappa shape index (κ1) is 12.9. The molecular weight excluding hydrogens is 234 g/mol. The van der Waals surface area contributed by atoms with Gasteiger partial charge in [-0.05, 0) is 26.2 Å². The third-order valence-corrected chi connectivity index (χ3v) is 4.20. The van der Waals surface area contributed by atoms with Crippen LogP contribution < -0.4 is 5.32 Å². The molecule has 1 aromatic heterocycles. The molecule has 1 atom stereocenters. The monoisotopic (exact) mass is 255 g/mol. The van der Waals surface area contributed by atoms with Gasteiger partial charge in [-0.1, -0.05) is 11.8 Å². The second kappa shape index (κ2) is 5.42. The van der Waals surface area contributed by atoms with E-state index in [0.29, 0.717) is 6.04 Å². The number of aliphatic hydroxyl groups is 1. The van der Waals surface area contributed by atoms with Crippen LogP contribution in [0.15, 0.2) is 17.6 Å². The van der Waals surface area contributed by atoms with Crippen LogP contribution in [-0.2, 0) is 7.05 Å². The molecule has 0 aliphatic heterocycles. The molecule has 0 aromatic carbocycles. The third-order valence-electron chi connectivity index (χ3n) is 3.14. The maximum atomic E-state index is 9.48. The molecule has 1 aromatic rings. The number of aryl methyl sites for hydroxylation is 1. The lowest BCUT2D eigenvalue weighted by Crippen LogP contribution is -2.47. The Bertz CT molecular complexity index is 364. The Labute approximate surface area is 107 Å². The van der Waals surface area contributed by atoms with Crippen molar-refractivity contribution in [2.75, 3.05) is 12.4 Å². The second-order valence-electron chi connectivity index (χ2n) is 5.06. The molecule has 1 heterocycles. The minimum absolute atomic E-state index is 0.140. The number of nitrogens with one attached hydrogen (secondary N) is 1. The van der Waals surface area contributed by atoms with E-state index in [0.717, 1.165) is 17.3 Å². The van der Waals surface area contributed by atoms with Gasteiger partial charge in [0.15, 0.2) is 5.16 Å². The molecule has 1 saturated carbocycles. The fourth-order valence-corrected chi connectivity index (χ4v) is 2.91. The number of hydrogen-bond acceptors (Lipinski definition) is 4. The van der Waals surface area contributed by atoms with Gasteiger partial charge in [0, 0.05) is 36.8 Å². The van der Waals surface area contributed by atoms with E-state index in [9.17, 15) is 5.11 Å². The van der Waals surface area contributed by atoms with Crippen LogP contribution in [0.25, 0.3) is 0 Å². The second-order valence-corrected chi connectivity index (χ2v) is 6.12. The van der Waals surface area contributed by atoms with E-state index >= 15 is 0 Å². The summed E-state index contributed by atoms with van der Waals surface area (Å²) in [5.74, 6) is 0.974. The Hall–Kier alpha value is -0.520. The van der Waals surface area contributed by atoms with Gasteiger partial charge >= 0.3 is 0 Å². The number of hydrogen-bond donors (Lipinski definition) is 2. The van der Waals surface area contributed by atoms with E-state index in [2.05, 4.69) is 17.2 Å². The maximum absolute atomic E-state index is 9.48. The number of imidazole rings is 1. The van der Waals surface area contributed by atoms with Crippen molar-refractivity contribution < 1.29 is 5.11 Å². The molecule has 5 heteroatoms. The molecule has 0 bridgehead atoms. The summed E-state index contributed by atoms with van der Waals surface area (Å²) < 4.78 is 2.02. The molecule has 4 nitrogen and oxygen atoms in total. The van der Waals surface area contributed by atoms with Crippen LogP contribution in [0.1, 0.15) is 26.2 Å². The van der Waals surface area contributed by atoms with Crippen LogP contribution in [0, 0.1) is 0 Å². The van der Waals surface area contributed by atoms with Crippen molar-refractivity contribution >= 4 is 11.8 Å². The molecule has 1 aliphatic rings. The SMILES string of the molecule is Cn1ccnc1SCCC(C)(CO)NC1CC1. The van der Waals surface area contributed by atoms with Gasteiger partial charge in [-0.25, -0.2) is 4.98 Å². The summed E-state index contributed by atoms with van der Waals surface area (Å²) in [4.78, 5) is 4.28. The molecule has 17 heavy (non-hydrogen) atoms. The van der Waals surface area contributed by atoms with Gasteiger partial charge in [-0.3, -0.25) is 0 Å². The van der Waals surface area contributed by atoms with Crippen LogP contribution in [0.4, 0.5) is 0 Å². The summed E-state index contributed by atoms with van der Waals surface area (Å²) in [6.45, 7) is 2.30. The van der Waals surface area contributed by atoms with Gasteiger partial charge in [-0.2, -0.15) is 0 Å². The quantitative estimate of drug-likeness (QED) is 0.723. The topological polar surface area (TPSA) is 50.1 Å². The minimum atomic E-state index is -0.140. The first-order valence-electron chi connectivity index (χ1n) is 6.12. The van der Waals surface area contributed by atoms with Crippen LogP contribution in [0.3, 0.4) is 0 Å². The van der Waals surface area contributed by atoms with Gasteiger partial charge in [0.25, 0.3) is 0 Å². The third kappa shape index (κ3) is 3.72. The summed E-state index contributed by atoms with van der Waals surface area (Å²) in [5.41, 5.74) is -0.140. The summed E-state index contributed by atoms with van der Waals surface area (Å²) in [6, 6.07) is 0.630. The van der Waals surface area contributed by atoms with Gasteiger partial charge in [0.05, 0.1) is 6.61 Å². The van der Waals surface area contributed by atoms with Crippen molar-refractivity contribution in [2.45, 2.75) is 42.9 Å². The largest absolute Gasteiger partial charge is 0.394 e. The molecule has 1 fully saturated rings. The van der Waals surface area contributed by atoms with Crippen LogP contribution in [0.2, 0.25) is 0 Å². The zero-order valence-corrected chi connectivity index (χ0v) is 11.3. The van der Waals surface area contributed by atoms with E-state index in [1.165, 1.54) is 12.8 Å². The fourth-order valence-electron chi connectivity index (χ4n) is 1.78. The molecule has 0 radical (unpaired) electrons. The number of aliphatic hydroxyl groups excluding tert-OH is 1. The Kier molecular flexibility index (Phi) is 4.12. The van der Waals surface area contributed by atoms with Gasteiger partial charge in [-0.15, -0.1) is 0 Å². The number of thioether (sulfide) groups is 1. The maximum Gasteiger partial charge on any atom is 0.167 e. The predicted molar refractivity (Wildman–Crippen MR) is 70.2 cm³/mol. The molecule has 0 amide bonds. The molecule has 2 N–H and O–H groups in total. The molecule has 96 valence electrons. The Morgan fingerprint density at radius 3 is 2.94 bits per heavy atom. The van der Waals surface area contributed by atoms with E-state index in [-0.39, 0.29) is 12.1 Å². The predicted octanol–water partition coefficient (Wildman–Crippen LogP) is 1.41. The first-order valence-corrected chi connectivity index (χ1v) is 7.10. The van der Waals surface area contributed by atoms with Crippen molar-refractivity contribution in [3.05, 3.63) is 12.4 Å². The van der Waals surface area contributed by atoms with E-state index in [1.807, 2.05) is 24.0 Å². The number of rotatable bonds is 7. The zero-order valence-electron chi connectivity index (χ0n) is 10.5. The molecule has 0 saturated heterocycles. The Balaban J connectivity index is 1.77. The number of aromatic nitrogens is 2. The molecule has 2 rings (SSSR count). The van der Waals surface area contributed by atoms with Crippen molar-refractivity contribution in [2.24, 2.45) is 7.05 Å². The highest BCUT2D eigenvalue weighted by atomic mass is 32.2. The smallest absolute Gasteiger partial charge is 0.167 e. The zero-order chi connectivity index (χ0) is 12.3. The first-order chi connectivity index (χ1) is 8.13. The number of nitrogens with zero attached hydrogens (tertiary/aromatic N) is 2. The van der Waals surface area contributed by atoms with Crippen molar-refractivity contribution in [3.63, 3.8) is 0 Å². The highest BCUT2D eigenvalue weighted by Crippen LogP contribution is 2.26. The van der Waals surface area contributed by atoms with Crippen molar-refractivity contribution in [1.82, 2.24) is 14.9 Å². The molecule has 1 aliphatic carbocycles. The summed E-state index contributed by atoms with van der Waals surface area (Å²) >= 11 is 1.74. The van der Waals surface area contributed by atoms with Gasteiger partial charge in [0.1, 0.15) is 0 Å². The van der Waals surface area contributed by atoms with Crippen LogP contribution in [-0.4, -0.2) is 38.6 Å². The van der Waals surface area contributed by atoms with Gasteiger partial charge in [0.2, 0.25) is 0 Å². The van der Waals surface area contributed by atoms with Crippen LogP contribution >= 0.6 is 11.8 Å². The lowest BCUT2D eigenvalue weighted by molar-refractivity contribution is 0.169. The average Bonchev–Trinajstić information content (AvgIpc) is 3.02. The van der Waals surface area contributed by atoms with Crippen molar-refractivity contribution in [1.29, 1.82) is 0 Å². The standard InChI is InChI=1S/C12H21N3OS/c1-12(9-16,14-10-3-4-10)5-8-17-11-13-6-7-15(11)2/h6-7,10,14,16H,3-5,8-9H2,1-2H3. The lowest BCUT2D eigenvalue weighted by atomic mass is 10.0. The molecule has 1 unspecified atom stereocenters. The van der Waals surface area contributed by atoms with Crippen molar-refractivity contribution in [3.8, 4) is 0 Å². The highest BCUT2D eigenvalue weighted by molar-refractivity contribution is 7.99. The highest BCUT2D eigenvalue weighted by Gasteiger charge is 2.31. The van der Waals surface area contributed by atoms with Gasteiger partial charge < -0.3 is 15.0 Å². The lowest BCUT2D eigenvalue weighted by Gasteiger charge is -2.28. The van der Waals surface area contributed by atoms with E-state index in [1.54, 1.807) is 11.8 Å². The van der Waals surface area contributed by atoms with E-state index in [4.69, 9.17) is 0 Å².